The van der Waals surface area contributed by atoms with Crippen LogP contribution in [0, 0.1) is 0 Å². The molecule has 2 atom stereocenters. The lowest BCUT2D eigenvalue weighted by molar-refractivity contribution is -0.0549. The second-order valence-electron chi connectivity index (χ2n) is 5.40. The number of halogens is 1. The van der Waals surface area contributed by atoms with Gasteiger partial charge in [0.15, 0.2) is 0 Å². The maximum atomic E-state index is 6.30. The fraction of sp³-hybridized carbons (Fsp3) is 0.647. The Balaban J connectivity index is 2.91. The van der Waals surface area contributed by atoms with Gasteiger partial charge in [0.2, 0.25) is 0 Å². The summed E-state index contributed by atoms with van der Waals surface area (Å²) in [6, 6.07) is 8.35. The highest BCUT2D eigenvalue weighted by atomic mass is 35.5. The predicted molar refractivity (Wildman–Crippen MR) is 87.6 cm³/mol. The standard InChI is InChI=1S/C17H28ClNO/c1-5-12-19-16(17(4,6-2)20-7-3)13-14-10-8-9-11-15(14)18/h8-11,16,19H,5-7,12-13H2,1-4H3. The van der Waals surface area contributed by atoms with Crippen molar-refractivity contribution in [2.75, 3.05) is 13.2 Å². The number of hydrogen-bond donors (Lipinski definition) is 1. The van der Waals surface area contributed by atoms with E-state index >= 15 is 0 Å². The monoisotopic (exact) mass is 297 g/mol. The van der Waals surface area contributed by atoms with Gasteiger partial charge in [0, 0.05) is 17.7 Å². The third-order valence-corrected chi connectivity index (χ3v) is 4.30. The SMILES string of the molecule is CCCNC(Cc1ccccc1Cl)C(C)(CC)OCC. The van der Waals surface area contributed by atoms with E-state index in [1.165, 1.54) is 5.56 Å². The van der Waals surface area contributed by atoms with Crippen LogP contribution in [0.15, 0.2) is 24.3 Å². The van der Waals surface area contributed by atoms with E-state index in [2.05, 4.69) is 39.1 Å². The molecule has 114 valence electrons. The minimum Gasteiger partial charge on any atom is -0.374 e. The van der Waals surface area contributed by atoms with Gasteiger partial charge in [0.05, 0.1) is 5.60 Å². The summed E-state index contributed by atoms with van der Waals surface area (Å²) in [4.78, 5) is 0. The zero-order valence-corrected chi connectivity index (χ0v) is 14.0. The lowest BCUT2D eigenvalue weighted by Crippen LogP contribution is -2.51. The summed E-state index contributed by atoms with van der Waals surface area (Å²) >= 11 is 6.30. The van der Waals surface area contributed by atoms with Crippen LogP contribution in [-0.2, 0) is 11.2 Å². The minimum absolute atomic E-state index is 0.164. The van der Waals surface area contributed by atoms with E-state index in [1.54, 1.807) is 0 Å². The van der Waals surface area contributed by atoms with Gasteiger partial charge < -0.3 is 10.1 Å². The first-order valence-electron chi connectivity index (χ1n) is 7.68. The summed E-state index contributed by atoms with van der Waals surface area (Å²) in [7, 11) is 0. The average molecular weight is 298 g/mol. The highest BCUT2D eigenvalue weighted by Gasteiger charge is 2.33. The van der Waals surface area contributed by atoms with E-state index in [4.69, 9.17) is 16.3 Å². The highest BCUT2D eigenvalue weighted by molar-refractivity contribution is 6.31. The fourth-order valence-corrected chi connectivity index (χ4v) is 2.70. The van der Waals surface area contributed by atoms with Crippen LogP contribution >= 0.6 is 11.6 Å². The first-order valence-corrected chi connectivity index (χ1v) is 8.05. The molecule has 1 rings (SSSR count). The van der Waals surface area contributed by atoms with Crippen LogP contribution < -0.4 is 5.32 Å². The van der Waals surface area contributed by atoms with E-state index in [-0.39, 0.29) is 11.6 Å². The van der Waals surface area contributed by atoms with E-state index < -0.39 is 0 Å². The van der Waals surface area contributed by atoms with Crippen molar-refractivity contribution in [2.24, 2.45) is 0 Å². The maximum Gasteiger partial charge on any atom is 0.0807 e. The molecule has 0 saturated carbocycles. The van der Waals surface area contributed by atoms with Gasteiger partial charge in [-0.05, 0) is 51.3 Å². The van der Waals surface area contributed by atoms with E-state index in [0.29, 0.717) is 0 Å². The molecule has 0 aliphatic heterocycles. The summed E-state index contributed by atoms with van der Waals surface area (Å²) in [6.45, 7) is 10.3. The fourth-order valence-electron chi connectivity index (χ4n) is 2.49. The van der Waals surface area contributed by atoms with Gasteiger partial charge in [-0.25, -0.2) is 0 Å². The molecule has 0 amide bonds. The summed E-state index contributed by atoms with van der Waals surface area (Å²) < 4.78 is 6.04. The molecule has 0 spiro atoms. The van der Waals surface area contributed by atoms with Crippen LogP contribution in [-0.4, -0.2) is 24.8 Å². The predicted octanol–water partition coefficient (Wildman–Crippen LogP) is 4.46. The number of hydrogen-bond acceptors (Lipinski definition) is 2. The number of rotatable bonds is 9. The molecule has 2 unspecified atom stereocenters. The Labute approximate surface area is 128 Å². The molecular formula is C17H28ClNO. The molecule has 0 aromatic heterocycles. The van der Waals surface area contributed by atoms with Crippen molar-refractivity contribution in [3.8, 4) is 0 Å². The first-order chi connectivity index (χ1) is 9.57. The highest BCUT2D eigenvalue weighted by Crippen LogP contribution is 2.26. The van der Waals surface area contributed by atoms with Gasteiger partial charge in [0.25, 0.3) is 0 Å². The van der Waals surface area contributed by atoms with Crippen molar-refractivity contribution in [2.45, 2.75) is 58.6 Å². The first kappa shape index (κ1) is 17.5. The molecule has 0 aliphatic rings. The largest absolute Gasteiger partial charge is 0.374 e. The maximum absolute atomic E-state index is 6.30. The van der Waals surface area contributed by atoms with Crippen LogP contribution in [0.1, 0.15) is 46.1 Å². The molecule has 0 bridgehead atoms. The third kappa shape index (κ3) is 4.76. The second-order valence-corrected chi connectivity index (χ2v) is 5.81. The zero-order valence-electron chi connectivity index (χ0n) is 13.2. The topological polar surface area (TPSA) is 21.3 Å². The summed E-state index contributed by atoms with van der Waals surface area (Å²) in [5, 5.41) is 4.48. The van der Waals surface area contributed by atoms with Crippen LogP contribution in [0.4, 0.5) is 0 Å². The van der Waals surface area contributed by atoms with E-state index in [0.717, 1.165) is 37.4 Å². The van der Waals surface area contributed by atoms with Crippen molar-refractivity contribution in [3.63, 3.8) is 0 Å². The number of nitrogens with one attached hydrogen (secondary N) is 1. The van der Waals surface area contributed by atoms with Gasteiger partial charge in [-0.15, -0.1) is 0 Å². The number of ether oxygens (including phenoxy) is 1. The lowest BCUT2D eigenvalue weighted by atomic mass is 9.88. The third-order valence-electron chi connectivity index (χ3n) is 3.94. The smallest absolute Gasteiger partial charge is 0.0807 e. The summed E-state index contributed by atoms with van der Waals surface area (Å²) in [6.07, 6.45) is 2.99. The van der Waals surface area contributed by atoms with E-state index in [9.17, 15) is 0 Å². The van der Waals surface area contributed by atoms with Crippen molar-refractivity contribution in [1.82, 2.24) is 5.32 Å². The lowest BCUT2D eigenvalue weighted by Gasteiger charge is -2.38. The summed E-state index contributed by atoms with van der Waals surface area (Å²) in [5.41, 5.74) is 1.02. The van der Waals surface area contributed by atoms with Gasteiger partial charge >= 0.3 is 0 Å². The van der Waals surface area contributed by atoms with Gasteiger partial charge in [0.1, 0.15) is 0 Å². The molecule has 1 aromatic rings. The van der Waals surface area contributed by atoms with Crippen LogP contribution in [0.3, 0.4) is 0 Å². The van der Waals surface area contributed by atoms with E-state index in [1.807, 2.05) is 18.2 Å². The molecule has 0 fully saturated rings. The molecule has 1 N–H and O–H groups in total. The molecule has 3 heteroatoms. The minimum atomic E-state index is -0.164. The molecule has 0 heterocycles. The Bertz CT molecular complexity index is 396. The van der Waals surface area contributed by atoms with Crippen LogP contribution in [0.25, 0.3) is 0 Å². The molecule has 2 nitrogen and oxygen atoms in total. The van der Waals surface area contributed by atoms with Gasteiger partial charge in [-0.1, -0.05) is 43.6 Å². The Morgan fingerprint density at radius 3 is 2.50 bits per heavy atom. The molecule has 20 heavy (non-hydrogen) atoms. The van der Waals surface area contributed by atoms with Crippen LogP contribution in [0.2, 0.25) is 5.02 Å². The van der Waals surface area contributed by atoms with Crippen molar-refractivity contribution < 1.29 is 4.74 Å². The Kier molecular flexibility index (Phi) is 7.57. The van der Waals surface area contributed by atoms with Crippen molar-refractivity contribution >= 4 is 11.6 Å². The molecular weight excluding hydrogens is 270 g/mol. The Morgan fingerprint density at radius 1 is 1.25 bits per heavy atom. The quantitative estimate of drug-likeness (QED) is 0.727. The van der Waals surface area contributed by atoms with Crippen molar-refractivity contribution in [3.05, 3.63) is 34.9 Å². The Morgan fingerprint density at radius 2 is 1.95 bits per heavy atom. The van der Waals surface area contributed by atoms with Crippen LogP contribution in [0.5, 0.6) is 0 Å². The molecule has 0 radical (unpaired) electrons. The average Bonchev–Trinajstić information content (AvgIpc) is 2.45. The molecule has 0 saturated heterocycles. The molecule has 1 aromatic carbocycles. The van der Waals surface area contributed by atoms with Crippen molar-refractivity contribution in [1.29, 1.82) is 0 Å². The Hall–Kier alpha value is -0.570. The normalized spacial score (nSPS) is 15.8. The zero-order chi connectivity index (χ0) is 15.0. The number of benzene rings is 1. The van der Waals surface area contributed by atoms with Gasteiger partial charge in [-0.2, -0.15) is 0 Å². The molecule has 0 aliphatic carbocycles. The summed E-state index contributed by atoms with van der Waals surface area (Å²) in [5.74, 6) is 0. The van der Waals surface area contributed by atoms with Gasteiger partial charge in [-0.3, -0.25) is 0 Å². The second kappa shape index (κ2) is 8.66.